The zero-order chi connectivity index (χ0) is 13.7. The first-order valence-electron chi connectivity index (χ1n) is 5.84. The molecule has 96 valence electrons. The van der Waals surface area contributed by atoms with Crippen molar-refractivity contribution in [2.75, 3.05) is 0 Å². The number of benzene rings is 2. The summed E-state index contributed by atoms with van der Waals surface area (Å²) < 4.78 is 0. The van der Waals surface area contributed by atoms with Gasteiger partial charge in [-0.15, -0.1) is 0 Å². The number of carboxylic acid groups (broad SMARTS) is 1. The van der Waals surface area contributed by atoms with E-state index in [0.717, 1.165) is 11.1 Å². The Bertz CT molecular complexity index is 589. The monoisotopic (exact) mass is 254 g/mol. The van der Waals surface area contributed by atoms with Crippen LogP contribution in [0.4, 0.5) is 0 Å². The largest absolute Gasteiger partial charge is 0.478 e. The molecule has 0 fully saturated rings. The van der Waals surface area contributed by atoms with Gasteiger partial charge in [0, 0.05) is 5.56 Å². The molecule has 0 spiro atoms. The summed E-state index contributed by atoms with van der Waals surface area (Å²) in [5.74, 6) is -0.549. The van der Waals surface area contributed by atoms with Crippen molar-refractivity contribution in [3.05, 3.63) is 71.3 Å². The summed E-state index contributed by atoms with van der Waals surface area (Å²) in [6.07, 6.45) is 0. The van der Waals surface area contributed by atoms with E-state index in [4.69, 9.17) is 10.8 Å². The van der Waals surface area contributed by atoms with Gasteiger partial charge in [0.05, 0.1) is 12.1 Å². The second kappa shape index (κ2) is 5.82. The minimum Gasteiger partial charge on any atom is -0.478 e. The highest BCUT2D eigenvalue weighted by Crippen LogP contribution is 2.06. The fourth-order valence-electron chi connectivity index (χ4n) is 1.63. The van der Waals surface area contributed by atoms with Gasteiger partial charge in [-0.25, -0.2) is 4.79 Å². The lowest BCUT2D eigenvalue weighted by Crippen LogP contribution is -2.13. The molecule has 2 rings (SSSR count). The van der Waals surface area contributed by atoms with Crippen molar-refractivity contribution in [2.24, 2.45) is 10.7 Å². The molecule has 0 aromatic heterocycles. The van der Waals surface area contributed by atoms with E-state index in [9.17, 15) is 4.79 Å². The third-order valence-corrected chi connectivity index (χ3v) is 2.70. The molecule has 4 heteroatoms. The minimum absolute atomic E-state index is 0.236. The fraction of sp³-hybridized carbons (Fsp3) is 0.0667. The van der Waals surface area contributed by atoms with Gasteiger partial charge in [0.1, 0.15) is 5.84 Å². The summed E-state index contributed by atoms with van der Waals surface area (Å²) in [5.41, 5.74) is 7.91. The number of aromatic carboxylic acids is 1. The average Bonchev–Trinajstić information content (AvgIpc) is 2.46. The van der Waals surface area contributed by atoms with E-state index in [1.165, 1.54) is 12.1 Å². The Morgan fingerprint density at radius 3 is 2.16 bits per heavy atom. The Kier molecular flexibility index (Phi) is 3.93. The zero-order valence-electron chi connectivity index (χ0n) is 10.3. The normalized spacial score (nSPS) is 11.3. The van der Waals surface area contributed by atoms with Crippen molar-refractivity contribution in [1.29, 1.82) is 0 Å². The Labute approximate surface area is 111 Å². The average molecular weight is 254 g/mol. The number of nitrogens with two attached hydrogens (primary N) is 1. The third kappa shape index (κ3) is 3.42. The van der Waals surface area contributed by atoms with Gasteiger partial charge in [0.2, 0.25) is 0 Å². The lowest BCUT2D eigenvalue weighted by atomic mass is 10.1. The SMILES string of the molecule is NC(=NCc1ccccc1)c1ccc(C(=O)O)cc1. The van der Waals surface area contributed by atoms with Crippen molar-refractivity contribution in [2.45, 2.75) is 6.54 Å². The lowest BCUT2D eigenvalue weighted by Gasteiger charge is -2.02. The first-order chi connectivity index (χ1) is 9.16. The van der Waals surface area contributed by atoms with Crippen molar-refractivity contribution < 1.29 is 9.90 Å². The molecule has 0 atom stereocenters. The maximum Gasteiger partial charge on any atom is 0.335 e. The van der Waals surface area contributed by atoms with Crippen molar-refractivity contribution in [1.82, 2.24) is 0 Å². The van der Waals surface area contributed by atoms with Gasteiger partial charge in [0.15, 0.2) is 0 Å². The summed E-state index contributed by atoms with van der Waals surface area (Å²) in [6, 6.07) is 16.1. The maximum absolute atomic E-state index is 10.7. The molecule has 3 N–H and O–H groups in total. The summed E-state index contributed by atoms with van der Waals surface area (Å²) in [5, 5.41) is 8.80. The highest BCUT2D eigenvalue weighted by molar-refractivity contribution is 5.98. The Hall–Kier alpha value is -2.62. The quantitative estimate of drug-likeness (QED) is 0.649. The molecule has 0 bridgehead atoms. The van der Waals surface area contributed by atoms with Gasteiger partial charge < -0.3 is 10.8 Å². The molecule has 4 nitrogen and oxygen atoms in total. The molecule has 0 saturated carbocycles. The molecule has 0 amide bonds. The third-order valence-electron chi connectivity index (χ3n) is 2.70. The van der Waals surface area contributed by atoms with Crippen molar-refractivity contribution in [3.63, 3.8) is 0 Å². The number of hydrogen-bond acceptors (Lipinski definition) is 2. The molecule has 2 aromatic carbocycles. The molecule has 0 radical (unpaired) electrons. The second-order valence-electron chi connectivity index (χ2n) is 4.07. The zero-order valence-corrected chi connectivity index (χ0v) is 10.3. The fourth-order valence-corrected chi connectivity index (χ4v) is 1.63. The number of carboxylic acids is 1. The molecule has 0 aliphatic rings. The van der Waals surface area contributed by atoms with E-state index in [-0.39, 0.29) is 5.56 Å². The van der Waals surface area contributed by atoms with Crippen LogP contribution >= 0.6 is 0 Å². The van der Waals surface area contributed by atoms with Gasteiger partial charge in [-0.05, 0) is 17.7 Å². The highest BCUT2D eigenvalue weighted by Gasteiger charge is 2.03. The van der Waals surface area contributed by atoms with E-state index in [1.807, 2.05) is 30.3 Å². The molecule has 0 saturated heterocycles. The van der Waals surface area contributed by atoms with Crippen LogP contribution < -0.4 is 5.73 Å². The van der Waals surface area contributed by atoms with Gasteiger partial charge in [-0.2, -0.15) is 0 Å². The van der Waals surface area contributed by atoms with E-state index >= 15 is 0 Å². The van der Waals surface area contributed by atoms with E-state index < -0.39 is 5.97 Å². The number of amidine groups is 1. The first-order valence-corrected chi connectivity index (χ1v) is 5.84. The number of aliphatic imine (C=N–C) groups is 1. The molecular formula is C15H14N2O2. The van der Waals surface area contributed by atoms with Crippen LogP contribution in [0.15, 0.2) is 59.6 Å². The summed E-state index contributed by atoms with van der Waals surface area (Å²) >= 11 is 0. The minimum atomic E-state index is -0.952. The predicted molar refractivity (Wildman–Crippen MR) is 74.3 cm³/mol. The van der Waals surface area contributed by atoms with Crippen molar-refractivity contribution >= 4 is 11.8 Å². The molecular weight excluding hydrogens is 240 g/mol. The van der Waals surface area contributed by atoms with Gasteiger partial charge in [-0.1, -0.05) is 42.5 Å². The van der Waals surface area contributed by atoms with Crippen LogP contribution in [0.25, 0.3) is 0 Å². The Balaban J connectivity index is 2.10. The summed E-state index contributed by atoms with van der Waals surface area (Å²) in [7, 11) is 0. The van der Waals surface area contributed by atoms with E-state index in [2.05, 4.69) is 4.99 Å². The van der Waals surface area contributed by atoms with Gasteiger partial charge >= 0.3 is 5.97 Å². The summed E-state index contributed by atoms with van der Waals surface area (Å²) in [6.45, 7) is 0.507. The molecule has 0 aliphatic heterocycles. The number of hydrogen-bond donors (Lipinski definition) is 2. The van der Waals surface area contributed by atoms with Gasteiger partial charge in [0.25, 0.3) is 0 Å². The number of carbonyl (C=O) groups is 1. The Morgan fingerprint density at radius 1 is 1.00 bits per heavy atom. The molecule has 0 heterocycles. The second-order valence-corrected chi connectivity index (χ2v) is 4.07. The van der Waals surface area contributed by atoms with Crippen LogP contribution in [0, 0.1) is 0 Å². The highest BCUT2D eigenvalue weighted by atomic mass is 16.4. The molecule has 0 aliphatic carbocycles. The van der Waals surface area contributed by atoms with Crippen LogP contribution in [0.1, 0.15) is 21.5 Å². The van der Waals surface area contributed by atoms with Crippen LogP contribution in [-0.4, -0.2) is 16.9 Å². The lowest BCUT2D eigenvalue weighted by molar-refractivity contribution is 0.0697. The number of nitrogens with zero attached hydrogens (tertiary/aromatic N) is 1. The molecule has 19 heavy (non-hydrogen) atoms. The van der Waals surface area contributed by atoms with Crippen LogP contribution in [0.5, 0.6) is 0 Å². The maximum atomic E-state index is 10.7. The van der Waals surface area contributed by atoms with E-state index in [1.54, 1.807) is 12.1 Å². The van der Waals surface area contributed by atoms with Crippen LogP contribution in [0.2, 0.25) is 0 Å². The molecule has 2 aromatic rings. The van der Waals surface area contributed by atoms with Crippen LogP contribution in [0.3, 0.4) is 0 Å². The smallest absolute Gasteiger partial charge is 0.335 e. The summed E-state index contributed by atoms with van der Waals surface area (Å²) in [4.78, 5) is 15.0. The Morgan fingerprint density at radius 2 is 1.58 bits per heavy atom. The first kappa shape index (κ1) is 12.8. The molecule has 0 unspecified atom stereocenters. The standard InChI is InChI=1S/C15H14N2O2/c16-14(17-10-11-4-2-1-3-5-11)12-6-8-13(9-7-12)15(18)19/h1-9H,10H2,(H2,16,17)(H,18,19). The van der Waals surface area contributed by atoms with Crippen LogP contribution in [-0.2, 0) is 6.54 Å². The number of rotatable bonds is 4. The van der Waals surface area contributed by atoms with E-state index in [0.29, 0.717) is 12.4 Å². The van der Waals surface area contributed by atoms with Crippen molar-refractivity contribution in [3.8, 4) is 0 Å². The van der Waals surface area contributed by atoms with Gasteiger partial charge in [-0.3, -0.25) is 4.99 Å². The topological polar surface area (TPSA) is 75.7 Å². The predicted octanol–water partition coefficient (Wildman–Crippen LogP) is 2.29.